The summed E-state index contributed by atoms with van der Waals surface area (Å²) in [7, 11) is 0. The van der Waals surface area contributed by atoms with E-state index < -0.39 is 41.7 Å². The van der Waals surface area contributed by atoms with Gasteiger partial charge in [0, 0.05) is 29.9 Å². The van der Waals surface area contributed by atoms with E-state index in [1.807, 2.05) is 6.07 Å². The molecule has 3 heterocycles. The minimum absolute atomic E-state index is 0.0903. The Morgan fingerprint density at radius 2 is 1.81 bits per heavy atom. The molecule has 2 aromatic heterocycles. The summed E-state index contributed by atoms with van der Waals surface area (Å²) < 4.78 is 57.6. The van der Waals surface area contributed by atoms with Crippen LogP contribution in [0.3, 0.4) is 0 Å². The van der Waals surface area contributed by atoms with Crippen molar-refractivity contribution in [2.24, 2.45) is 0 Å². The van der Waals surface area contributed by atoms with Crippen molar-refractivity contribution < 1.29 is 36.8 Å². The van der Waals surface area contributed by atoms with Gasteiger partial charge in [-0.25, -0.2) is 14.6 Å². The summed E-state index contributed by atoms with van der Waals surface area (Å²) in [5.74, 6) is 1.31. The second-order valence-corrected chi connectivity index (χ2v) is 13.7. The smallest absolute Gasteiger partial charge is 0.416 e. The molecular weight excluding hydrogens is 627 g/mol. The van der Waals surface area contributed by atoms with Crippen molar-refractivity contribution in [2.45, 2.75) is 117 Å². The average Bonchev–Trinajstić information content (AvgIpc) is 3.50. The summed E-state index contributed by atoms with van der Waals surface area (Å²) in [4.78, 5) is 34.8. The number of benzene rings is 1. The number of aryl methyl sites for hydroxylation is 2. The molecule has 13 heteroatoms. The number of carbonyl (C=O) groups is 2. The highest BCUT2D eigenvalue weighted by Crippen LogP contribution is 2.40. The third kappa shape index (κ3) is 7.71. The number of hydrogen-bond donors (Lipinski definition) is 1. The molecule has 1 N–H and O–H groups in total. The first kappa shape index (κ1) is 35.0. The molecule has 2 amide bonds. The van der Waals surface area contributed by atoms with Crippen LogP contribution in [0.5, 0.6) is 0 Å². The van der Waals surface area contributed by atoms with Crippen molar-refractivity contribution in [1.82, 2.24) is 15.0 Å². The van der Waals surface area contributed by atoms with Crippen LogP contribution in [0.25, 0.3) is 11.1 Å². The number of nitrogens with zero attached hydrogens (tertiary/aromatic N) is 4. The number of rotatable bonds is 8. The number of ether oxygens (including phenoxy) is 2. The van der Waals surface area contributed by atoms with E-state index in [9.17, 15) is 22.8 Å². The van der Waals surface area contributed by atoms with Gasteiger partial charge < -0.3 is 18.9 Å². The zero-order valence-electron chi connectivity index (χ0n) is 28.5. The number of cyclic esters (lactones) is 1. The van der Waals surface area contributed by atoms with Gasteiger partial charge in [-0.3, -0.25) is 10.2 Å². The van der Waals surface area contributed by atoms with Gasteiger partial charge in [0.2, 0.25) is 0 Å². The maximum Gasteiger partial charge on any atom is 0.416 e. The van der Waals surface area contributed by atoms with Crippen LogP contribution >= 0.6 is 0 Å². The van der Waals surface area contributed by atoms with Crippen molar-refractivity contribution in [1.29, 1.82) is 0 Å². The van der Waals surface area contributed by atoms with Crippen LogP contribution in [0.2, 0.25) is 0 Å². The molecule has 48 heavy (non-hydrogen) atoms. The maximum absolute atomic E-state index is 13.7. The van der Waals surface area contributed by atoms with Gasteiger partial charge in [-0.2, -0.15) is 13.2 Å². The van der Waals surface area contributed by atoms with Crippen LogP contribution in [-0.4, -0.2) is 51.5 Å². The lowest BCUT2D eigenvalue weighted by Crippen LogP contribution is -2.39. The van der Waals surface area contributed by atoms with Gasteiger partial charge >= 0.3 is 18.4 Å². The van der Waals surface area contributed by atoms with E-state index in [1.54, 1.807) is 53.8 Å². The van der Waals surface area contributed by atoms with Crippen LogP contribution in [0.4, 0.5) is 34.4 Å². The fraction of sp³-hybridized carbons (Fsp3) is 0.543. The highest BCUT2D eigenvalue weighted by Gasteiger charge is 2.42. The van der Waals surface area contributed by atoms with E-state index in [4.69, 9.17) is 19.0 Å². The summed E-state index contributed by atoms with van der Waals surface area (Å²) in [6.07, 6.45) is 0.384. The molecule has 2 fully saturated rings. The molecule has 1 saturated carbocycles. The lowest BCUT2D eigenvalue weighted by molar-refractivity contribution is -0.137. The zero-order valence-corrected chi connectivity index (χ0v) is 28.5. The lowest BCUT2D eigenvalue weighted by Gasteiger charge is -2.36. The van der Waals surface area contributed by atoms with Gasteiger partial charge in [0.1, 0.15) is 23.3 Å². The minimum atomic E-state index is -4.53. The van der Waals surface area contributed by atoms with Crippen molar-refractivity contribution >= 4 is 23.8 Å². The Labute approximate surface area is 278 Å². The van der Waals surface area contributed by atoms with Crippen LogP contribution in [-0.2, 0) is 22.2 Å². The highest BCUT2D eigenvalue weighted by molar-refractivity contribution is 5.90. The number of halogens is 3. The Hall–Kier alpha value is -4.29. The third-order valence-electron chi connectivity index (χ3n) is 8.83. The topological polar surface area (TPSA) is 110 Å². The van der Waals surface area contributed by atoms with Gasteiger partial charge in [-0.15, -0.1) is 0 Å². The number of aromatic nitrogens is 2. The van der Waals surface area contributed by atoms with E-state index in [0.717, 1.165) is 37.8 Å². The van der Waals surface area contributed by atoms with Crippen molar-refractivity contribution in [3.63, 3.8) is 0 Å². The molecule has 1 saturated heterocycles. The van der Waals surface area contributed by atoms with Crippen LogP contribution < -0.4 is 10.2 Å². The van der Waals surface area contributed by atoms with Crippen LogP contribution in [0, 0.1) is 13.8 Å². The number of anilines is 2. The molecule has 0 bridgehead atoms. The first-order valence-electron chi connectivity index (χ1n) is 16.4. The molecule has 260 valence electrons. The van der Waals surface area contributed by atoms with Crippen LogP contribution in [0.1, 0.15) is 101 Å². The molecule has 2 atom stereocenters. The van der Waals surface area contributed by atoms with Crippen molar-refractivity contribution in [3.8, 4) is 11.1 Å². The molecule has 1 aromatic carbocycles. The first-order chi connectivity index (χ1) is 22.6. The van der Waals surface area contributed by atoms with Gasteiger partial charge in [0.15, 0.2) is 5.82 Å². The monoisotopic (exact) mass is 671 g/mol. The Morgan fingerprint density at radius 1 is 1.10 bits per heavy atom. The average molecular weight is 672 g/mol. The minimum Gasteiger partial charge on any atom is -0.444 e. The normalized spacial score (nSPS) is 19.0. The standard InChI is InChI=1S/C35H44F3N5O5/c1-8-42(27-12-10-9-11-13-27)31-25(16-24(18-39-31)28-22(4)48-41-30(28)40-32(44)47-34(5,6)7)19-43-21(3)29(46-33(43)45)23-14-20(2)15-26(17-23)35(36,37)38/h14-18,21,27,29H,8-13,19H2,1-7H3,(H,40,41,44)/t21-,29?/m0/s1. The molecule has 1 aliphatic heterocycles. The highest BCUT2D eigenvalue weighted by atomic mass is 19.4. The molecular formula is C35H44F3N5O5. The summed E-state index contributed by atoms with van der Waals surface area (Å²) >= 11 is 0. The SMILES string of the molecule is CCN(c1ncc(-c2c(NC(=O)OC(C)(C)C)noc2C)cc1CN1C(=O)OC(c2cc(C)cc(C(F)(F)F)c2)[C@@H]1C)C1CCCCC1. The third-order valence-corrected chi connectivity index (χ3v) is 8.83. The second kappa shape index (κ2) is 13.7. The number of hydrogen-bond acceptors (Lipinski definition) is 8. The maximum atomic E-state index is 13.7. The van der Waals surface area contributed by atoms with E-state index in [0.29, 0.717) is 40.4 Å². The molecule has 2 aliphatic rings. The molecule has 3 aromatic rings. The summed E-state index contributed by atoms with van der Waals surface area (Å²) in [5.41, 5.74) is 1.02. The predicted octanol–water partition coefficient (Wildman–Crippen LogP) is 8.96. The van der Waals surface area contributed by atoms with Crippen LogP contribution in [0.15, 0.2) is 35.0 Å². The molecule has 0 spiro atoms. The first-order valence-corrected chi connectivity index (χ1v) is 16.4. The molecule has 0 radical (unpaired) electrons. The Kier molecular flexibility index (Phi) is 9.98. The largest absolute Gasteiger partial charge is 0.444 e. The van der Waals surface area contributed by atoms with Gasteiger partial charge in [-0.1, -0.05) is 36.0 Å². The number of pyridine rings is 1. The molecule has 10 nitrogen and oxygen atoms in total. The quantitative estimate of drug-likeness (QED) is 0.253. The number of nitrogens with one attached hydrogen (secondary N) is 1. The fourth-order valence-electron chi connectivity index (χ4n) is 6.67. The Bertz CT molecular complexity index is 1640. The fourth-order valence-corrected chi connectivity index (χ4v) is 6.67. The number of carbonyl (C=O) groups excluding carboxylic acids is 2. The van der Waals surface area contributed by atoms with E-state index >= 15 is 0 Å². The van der Waals surface area contributed by atoms with Crippen molar-refractivity contribution in [2.75, 3.05) is 16.8 Å². The molecule has 1 aliphatic carbocycles. The van der Waals surface area contributed by atoms with Gasteiger partial charge in [-0.05, 0) is 85.1 Å². The van der Waals surface area contributed by atoms with Crippen molar-refractivity contribution in [3.05, 3.63) is 58.5 Å². The predicted molar refractivity (Wildman–Crippen MR) is 175 cm³/mol. The van der Waals surface area contributed by atoms with E-state index in [-0.39, 0.29) is 24.0 Å². The van der Waals surface area contributed by atoms with E-state index in [1.165, 1.54) is 11.3 Å². The molecule has 1 unspecified atom stereocenters. The Morgan fingerprint density at radius 3 is 2.46 bits per heavy atom. The number of alkyl halides is 3. The summed E-state index contributed by atoms with van der Waals surface area (Å²) in [6, 6.07) is 5.34. The van der Waals surface area contributed by atoms with Gasteiger partial charge in [0.05, 0.1) is 23.7 Å². The Balaban J connectivity index is 1.52. The summed E-state index contributed by atoms with van der Waals surface area (Å²) in [5, 5.41) is 6.72. The molecule has 5 rings (SSSR count). The summed E-state index contributed by atoms with van der Waals surface area (Å²) in [6.45, 7) is 13.2. The van der Waals surface area contributed by atoms with Gasteiger partial charge in [0.25, 0.3) is 0 Å². The lowest BCUT2D eigenvalue weighted by atomic mass is 9.93. The number of amides is 2. The zero-order chi connectivity index (χ0) is 35.0. The second-order valence-electron chi connectivity index (χ2n) is 13.7. The van der Waals surface area contributed by atoms with E-state index in [2.05, 4.69) is 22.3 Å².